The van der Waals surface area contributed by atoms with Crippen molar-refractivity contribution < 1.29 is 19.5 Å². The van der Waals surface area contributed by atoms with E-state index >= 15 is 0 Å². The fourth-order valence-corrected chi connectivity index (χ4v) is 5.84. The second kappa shape index (κ2) is 10.8. The SMILES string of the molecule is O=C(N[C@H]1Cc2ccc(-c3ccccc3)cc2[C@H]2CCC[C@@H](C(=O)O)N2C1=O)[C@@H](S)Cc1ccccc1. The van der Waals surface area contributed by atoms with Gasteiger partial charge in [-0.3, -0.25) is 9.59 Å². The molecule has 3 aromatic carbocycles. The Kier molecular flexibility index (Phi) is 7.33. The molecule has 1 saturated heterocycles. The second-order valence-corrected chi connectivity index (χ2v) is 10.4. The number of nitrogens with one attached hydrogen (secondary N) is 1. The van der Waals surface area contributed by atoms with Crippen molar-refractivity contribution in [1.82, 2.24) is 10.2 Å². The molecule has 4 atom stereocenters. The van der Waals surface area contributed by atoms with Crippen LogP contribution in [0.5, 0.6) is 0 Å². The number of carboxylic acid groups (broad SMARTS) is 1. The zero-order chi connectivity index (χ0) is 25.9. The van der Waals surface area contributed by atoms with E-state index in [1.54, 1.807) is 0 Å². The van der Waals surface area contributed by atoms with Crippen LogP contribution in [0.15, 0.2) is 78.9 Å². The van der Waals surface area contributed by atoms with Gasteiger partial charge in [0.2, 0.25) is 11.8 Å². The number of rotatable bonds is 6. The van der Waals surface area contributed by atoms with Gasteiger partial charge in [-0.2, -0.15) is 12.6 Å². The van der Waals surface area contributed by atoms with Gasteiger partial charge < -0.3 is 15.3 Å². The van der Waals surface area contributed by atoms with Gasteiger partial charge in [0.25, 0.3) is 0 Å². The van der Waals surface area contributed by atoms with E-state index in [9.17, 15) is 19.5 Å². The van der Waals surface area contributed by atoms with Crippen LogP contribution in [0.2, 0.25) is 0 Å². The third kappa shape index (κ3) is 5.27. The van der Waals surface area contributed by atoms with Crippen LogP contribution < -0.4 is 5.32 Å². The summed E-state index contributed by atoms with van der Waals surface area (Å²) in [6, 6.07) is 23.6. The lowest BCUT2D eigenvalue weighted by atomic mass is 9.87. The first-order valence-electron chi connectivity index (χ1n) is 12.7. The Bertz CT molecular complexity index is 1300. The minimum Gasteiger partial charge on any atom is -0.480 e. The number of hydrogen-bond acceptors (Lipinski definition) is 4. The minimum atomic E-state index is -1.01. The molecule has 2 aliphatic heterocycles. The maximum atomic E-state index is 13.9. The highest BCUT2D eigenvalue weighted by molar-refractivity contribution is 7.81. The van der Waals surface area contributed by atoms with Crippen LogP contribution in [-0.2, 0) is 27.2 Å². The van der Waals surface area contributed by atoms with Crippen molar-refractivity contribution in [2.75, 3.05) is 0 Å². The molecular weight excluding hydrogens is 484 g/mol. The Hall–Kier alpha value is -3.58. The number of thiol groups is 1. The molecule has 37 heavy (non-hydrogen) atoms. The van der Waals surface area contributed by atoms with E-state index in [0.717, 1.165) is 27.8 Å². The lowest BCUT2D eigenvalue weighted by Gasteiger charge is -2.40. The monoisotopic (exact) mass is 514 g/mol. The molecular formula is C30H30N2O4S. The summed E-state index contributed by atoms with van der Waals surface area (Å²) >= 11 is 4.51. The number of amides is 2. The van der Waals surface area contributed by atoms with Gasteiger partial charge in [0.15, 0.2) is 0 Å². The molecule has 0 aliphatic carbocycles. The van der Waals surface area contributed by atoms with E-state index in [1.165, 1.54) is 4.90 Å². The standard InChI is InChI=1S/C30H30N2O4S/c33-28(27(37)16-19-8-3-1-4-9-19)31-24-18-22-15-14-21(20-10-5-2-6-11-20)17-23(22)25-12-7-13-26(30(35)36)32(25)29(24)34/h1-6,8-11,14-15,17,24-27,37H,7,12-13,16,18H2,(H,31,33)(H,35,36)/t24-,25+,26-,27-/m0/s1. The highest BCUT2D eigenvalue weighted by Gasteiger charge is 2.44. The van der Waals surface area contributed by atoms with Crippen molar-refractivity contribution in [2.45, 2.75) is 55.5 Å². The van der Waals surface area contributed by atoms with Crippen LogP contribution in [-0.4, -0.2) is 45.1 Å². The predicted molar refractivity (Wildman–Crippen MR) is 145 cm³/mol. The normalized spacial score (nSPS) is 21.8. The smallest absolute Gasteiger partial charge is 0.326 e. The predicted octanol–water partition coefficient (Wildman–Crippen LogP) is 4.44. The molecule has 6 nitrogen and oxygen atoms in total. The molecule has 3 aromatic rings. The molecule has 0 radical (unpaired) electrons. The van der Waals surface area contributed by atoms with Gasteiger partial charge in [-0.15, -0.1) is 0 Å². The Labute approximate surface area is 222 Å². The van der Waals surface area contributed by atoms with Crippen molar-refractivity contribution in [3.05, 3.63) is 95.6 Å². The molecule has 0 bridgehead atoms. The lowest BCUT2D eigenvalue weighted by Crippen LogP contribution is -2.56. The van der Waals surface area contributed by atoms with Gasteiger partial charge in [-0.25, -0.2) is 4.79 Å². The molecule has 0 saturated carbocycles. The Morgan fingerprint density at radius 3 is 2.38 bits per heavy atom. The van der Waals surface area contributed by atoms with Crippen LogP contribution in [0, 0.1) is 0 Å². The van der Waals surface area contributed by atoms with E-state index in [2.05, 4.69) is 24.0 Å². The molecule has 190 valence electrons. The number of piperidine rings is 1. The Balaban J connectivity index is 1.48. The van der Waals surface area contributed by atoms with Gasteiger partial charge in [0.05, 0.1) is 11.3 Å². The summed E-state index contributed by atoms with van der Waals surface area (Å²) in [5.41, 5.74) is 4.97. The lowest BCUT2D eigenvalue weighted by molar-refractivity contribution is -0.156. The number of nitrogens with zero attached hydrogens (tertiary/aromatic N) is 1. The van der Waals surface area contributed by atoms with E-state index < -0.39 is 23.3 Å². The van der Waals surface area contributed by atoms with E-state index in [-0.39, 0.29) is 17.9 Å². The summed E-state index contributed by atoms with van der Waals surface area (Å²) in [5.74, 6) is -1.69. The quantitative estimate of drug-likeness (QED) is 0.425. The van der Waals surface area contributed by atoms with Crippen molar-refractivity contribution in [2.24, 2.45) is 0 Å². The molecule has 5 rings (SSSR count). The molecule has 7 heteroatoms. The van der Waals surface area contributed by atoms with Crippen LogP contribution >= 0.6 is 12.6 Å². The Morgan fingerprint density at radius 1 is 0.973 bits per heavy atom. The maximum Gasteiger partial charge on any atom is 0.326 e. The van der Waals surface area contributed by atoms with Gasteiger partial charge >= 0.3 is 5.97 Å². The fourth-order valence-electron chi connectivity index (χ4n) is 5.55. The van der Waals surface area contributed by atoms with E-state index in [4.69, 9.17) is 0 Å². The summed E-state index contributed by atoms with van der Waals surface area (Å²) in [6.45, 7) is 0. The molecule has 0 unspecified atom stereocenters. The largest absolute Gasteiger partial charge is 0.480 e. The number of benzene rings is 3. The zero-order valence-electron chi connectivity index (χ0n) is 20.4. The third-order valence-corrected chi connectivity index (χ3v) is 7.81. The molecule has 2 aliphatic rings. The highest BCUT2D eigenvalue weighted by atomic mass is 32.1. The number of carbonyl (C=O) groups is 3. The number of carboxylic acids is 1. The molecule has 0 aromatic heterocycles. The summed E-state index contributed by atoms with van der Waals surface area (Å²) in [6.07, 6.45) is 2.53. The molecule has 2 amide bonds. The van der Waals surface area contributed by atoms with Gasteiger partial charge in [0.1, 0.15) is 12.1 Å². The van der Waals surface area contributed by atoms with Crippen LogP contribution in [0.4, 0.5) is 0 Å². The molecule has 1 fully saturated rings. The minimum absolute atomic E-state index is 0.306. The van der Waals surface area contributed by atoms with Gasteiger partial charge in [0, 0.05) is 6.42 Å². The number of hydrogen-bond donors (Lipinski definition) is 3. The van der Waals surface area contributed by atoms with E-state index in [1.807, 2.05) is 72.8 Å². The number of carbonyl (C=O) groups excluding carboxylic acids is 2. The summed E-state index contributed by atoms with van der Waals surface area (Å²) in [5, 5.41) is 12.3. The summed E-state index contributed by atoms with van der Waals surface area (Å²) in [7, 11) is 0. The summed E-state index contributed by atoms with van der Waals surface area (Å²) in [4.78, 5) is 40.7. The number of aliphatic carboxylic acids is 1. The van der Waals surface area contributed by atoms with Crippen LogP contribution in [0.3, 0.4) is 0 Å². The summed E-state index contributed by atoms with van der Waals surface area (Å²) < 4.78 is 0. The Morgan fingerprint density at radius 2 is 1.68 bits per heavy atom. The van der Waals surface area contributed by atoms with E-state index in [0.29, 0.717) is 32.1 Å². The fraction of sp³-hybridized carbons (Fsp3) is 0.300. The average Bonchev–Trinajstić information content (AvgIpc) is 3.03. The zero-order valence-corrected chi connectivity index (χ0v) is 21.3. The first-order valence-corrected chi connectivity index (χ1v) is 13.2. The van der Waals surface area contributed by atoms with Gasteiger partial charge in [-0.1, -0.05) is 72.8 Å². The molecule has 2 heterocycles. The molecule has 2 N–H and O–H groups in total. The average molecular weight is 515 g/mol. The van der Waals surface area contributed by atoms with Crippen molar-refractivity contribution in [3.8, 4) is 11.1 Å². The van der Waals surface area contributed by atoms with Crippen LogP contribution in [0.25, 0.3) is 11.1 Å². The highest BCUT2D eigenvalue weighted by Crippen LogP contribution is 2.40. The van der Waals surface area contributed by atoms with Crippen molar-refractivity contribution >= 4 is 30.4 Å². The van der Waals surface area contributed by atoms with Crippen molar-refractivity contribution in [3.63, 3.8) is 0 Å². The second-order valence-electron chi connectivity index (χ2n) is 9.80. The first kappa shape index (κ1) is 25.1. The topological polar surface area (TPSA) is 86.7 Å². The number of fused-ring (bicyclic) bond motifs is 3. The van der Waals surface area contributed by atoms with Gasteiger partial charge in [-0.05, 0) is 59.6 Å². The van der Waals surface area contributed by atoms with Crippen LogP contribution in [0.1, 0.15) is 42.0 Å². The third-order valence-electron chi connectivity index (χ3n) is 7.39. The van der Waals surface area contributed by atoms with Crippen molar-refractivity contribution in [1.29, 1.82) is 0 Å². The first-order chi connectivity index (χ1) is 17.9. The maximum absolute atomic E-state index is 13.9. The molecule has 0 spiro atoms.